The van der Waals surface area contributed by atoms with Crippen LogP contribution in [0.15, 0.2) is 36.0 Å². The molecule has 1 rings (SSSR count). The van der Waals surface area contributed by atoms with E-state index in [-0.39, 0.29) is 0 Å². The minimum atomic E-state index is -1.96. The molecule has 0 aromatic carbocycles. The van der Waals surface area contributed by atoms with Crippen LogP contribution in [0.3, 0.4) is 0 Å². The van der Waals surface area contributed by atoms with E-state index >= 15 is 0 Å². The first-order chi connectivity index (χ1) is 7.68. The smallest absolute Gasteiger partial charge is 0.0280 e. The lowest BCUT2D eigenvalue weighted by atomic mass is 9.90. The van der Waals surface area contributed by atoms with Gasteiger partial charge in [0.05, 0.1) is 0 Å². The Morgan fingerprint density at radius 2 is 2.36 bits per heavy atom. The molecule has 14 heavy (non-hydrogen) atoms. The van der Waals surface area contributed by atoms with Gasteiger partial charge in [0, 0.05) is 4.11 Å². The van der Waals surface area contributed by atoms with Gasteiger partial charge in [-0.1, -0.05) is 56.7 Å². The molecule has 0 aromatic rings. The molecule has 0 radical (unpaired) electrons. The van der Waals surface area contributed by atoms with Crippen molar-refractivity contribution in [2.24, 2.45) is 11.3 Å². The largest absolute Gasteiger partial charge is 0.0874 e. The molecule has 1 atom stereocenters. The van der Waals surface area contributed by atoms with Gasteiger partial charge in [0.15, 0.2) is 0 Å². The first-order valence-electron chi connectivity index (χ1n) is 6.74. The van der Waals surface area contributed by atoms with Crippen molar-refractivity contribution in [2.75, 3.05) is 0 Å². The molecule has 0 amide bonds. The van der Waals surface area contributed by atoms with Crippen LogP contribution in [-0.2, 0) is 0 Å². The quantitative estimate of drug-likeness (QED) is 0.566. The Balaban J connectivity index is 2.49. The second kappa shape index (κ2) is 4.63. The van der Waals surface area contributed by atoms with Crippen molar-refractivity contribution in [3.8, 4) is 0 Å². The normalized spacial score (nSPS) is 26.9. The van der Waals surface area contributed by atoms with Crippen molar-refractivity contribution in [2.45, 2.75) is 40.5 Å². The molecule has 0 saturated carbocycles. The van der Waals surface area contributed by atoms with Crippen molar-refractivity contribution in [3.63, 3.8) is 0 Å². The third-order valence-corrected chi connectivity index (χ3v) is 2.25. The highest BCUT2D eigenvalue weighted by Crippen LogP contribution is 2.21. The summed E-state index contributed by atoms with van der Waals surface area (Å²) in [6, 6.07) is 0. The average Bonchev–Trinajstić information content (AvgIpc) is 2.15. The van der Waals surface area contributed by atoms with Gasteiger partial charge in [0.1, 0.15) is 0 Å². The molecule has 0 saturated heterocycles. The predicted molar refractivity (Wildman–Crippen MR) is 64.2 cm³/mol. The van der Waals surface area contributed by atoms with E-state index in [0.717, 1.165) is 12.8 Å². The maximum atomic E-state index is 7.31. The molecule has 1 aliphatic rings. The van der Waals surface area contributed by atoms with Gasteiger partial charge in [0.25, 0.3) is 0 Å². The molecule has 0 nitrogen and oxygen atoms in total. The van der Waals surface area contributed by atoms with Crippen LogP contribution in [0.4, 0.5) is 0 Å². The molecule has 0 heteroatoms. The van der Waals surface area contributed by atoms with E-state index in [1.54, 1.807) is 6.08 Å². The van der Waals surface area contributed by atoms with Gasteiger partial charge in [-0.2, -0.15) is 0 Å². The Morgan fingerprint density at radius 3 is 2.86 bits per heavy atom. The van der Waals surface area contributed by atoms with Crippen LogP contribution in [0.5, 0.6) is 0 Å². The van der Waals surface area contributed by atoms with E-state index in [4.69, 9.17) is 4.11 Å². The zero-order chi connectivity index (χ0) is 13.1. The number of rotatable bonds is 2. The Hall–Kier alpha value is -0.780. The van der Waals surface area contributed by atoms with Gasteiger partial charge in [-0.25, -0.2) is 0 Å². The second-order valence-corrected chi connectivity index (χ2v) is 5.11. The number of allylic oxidation sites excluding steroid dienone is 6. The number of hydrogen-bond acceptors (Lipinski definition) is 0. The summed E-state index contributed by atoms with van der Waals surface area (Å²) in [6.45, 7) is 4.67. The Morgan fingerprint density at radius 1 is 1.57 bits per heavy atom. The highest BCUT2D eigenvalue weighted by Gasteiger charge is 2.07. The predicted octanol–water partition coefficient (Wildman–Crippen LogP) is 4.50. The Bertz CT molecular complexity index is 337. The summed E-state index contributed by atoms with van der Waals surface area (Å²) in [7, 11) is 0. The van der Waals surface area contributed by atoms with Crippen molar-refractivity contribution < 1.29 is 4.11 Å². The van der Waals surface area contributed by atoms with Crippen molar-refractivity contribution in [3.05, 3.63) is 36.0 Å². The van der Waals surface area contributed by atoms with E-state index in [1.807, 2.05) is 12.2 Å². The van der Waals surface area contributed by atoms with E-state index in [0.29, 0.717) is 16.9 Å². The number of hydrogen-bond donors (Lipinski definition) is 0. The molecule has 0 aromatic heterocycles. The summed E-state index contributed by atoms with van der Waals surface area (Å²) >= 11 is 0. The zero-order valence-corrected chi connectivity index (χ0v) is 9.38. The van der Waals surface area contributed by atoms with Crippen LogP contribution in [0, 0.1) is 11.3 Å². The maximum Gasteiger partial charge on any atom is 0.0280 e. The van der Waals surface area contributed by atoms with E-state index < -0.39 is 6.85 Å². The maximum absolute atomic E-state index is 7.31. The van der Waals surface area contributed by atoms with Crippen molar-refractivity contribution in [1.29, 1.82) is 0 Å². The lowest BCUT2D eigenvalue weighted by molar-refractivity contribution is 0.419. The highest BCUT2D eigenvalue weighted by molar-refractivity contribution is 5.23. The summed E-state index contributed by atoms with van der Waals surface area (Å²) in [5, 5.41) is 0. The van der Waals surface area contributed by atoms with Gasteiger partial charge in [-0.3, -0.25) is 0 Å². The van der Waals surface area contributed by atoms with Crippen LogP contribution in [0.1, 0.15) is 44.6 Å². The summed E-state index contributed by atoms with van der Waals surface area (Å²) in [6.07, 6.45) is 11.8. The molecule has 0 spiro atoms. The molecule has 0 heterocycles. The molecule has 0 aliphatic heterocycles. The first kappa shape index (κ1) is 7.50. The molecule has 0 N–H and O–H groups in total. The van der Waals surface area contributed by atoms with E-state index in [9.17, 15) is 0 Å². The lowest BCUT2D eigenvalue weighted by Gasteiger charge is -2.16. The standard InChI is InChI=1S/C14H22/c1-12-7-9-13(10-8-12)6-5-11-14(2,3)4/h5-9,13H,10-11H2,1-4H3/b6-5+/i1D3. The van der Waals surface area contributed by atoms with Crippen LogP contribution in [0.25, 0.3) is 0 Å². The lowest BCUT2D eigenvalue weighted by Crippen LogP contribution is -2.02. The fourth-order valence-electron chi connectivity index (χ4n) is 1.38. The molecular weight excluding hydrogens is 168 g/mol. The summed E-state index contributed by atoms with van der Waals surface area (Å²) < 4.78 is 21.9. The first-order valence-corrected chi connectivity index (χ1v) is 5.24. The minimum Gasteiger partial charge on any atom is -0.0874 e. The van der Waals surface area contributed by atoms with Crippen molar-refractivity contribution in [1.82, 2.24) is 0 Å². The SMILES string of the molecule is [2H]C([2H])([2H])C1=CCC(/C=C/CC(C)(C)C)C=C1. The third kappa shape index (κ3) is 4.45. The molecular formula is C14H22. The van der Waals surface area contributed by atoms with Gasteiger partial charge in [-0.05, 0) is 31.0 Å². The summed E-state index contributed by atoms with van der Waals surface area (Å²) in [5.41, 5.74) is 0.784. The second-order valence-electron chi connectivity index (χ2n) is 5.11. The van der Waals surface area contributed by atoms with E-state index in [2.05, 4.69) is 32.9 Å². The molecule has 0 fully saturated rings. The Kier molecular flexibility index (Phi) is 2.48. The monoisotopic (exact) mass is 193 g/mol. The zero-order valence-electron chi connectivity index (χ0n) is 12.4. The van der Waals surface area contributed by atoms with Crippen LogP contribution in [-0.4, -0.2) is 0 Å². The molecule has 78 valence electrons. The molecule has 1 unspecified atom stereocenters. The van der Waals surface area contributed by atoms with Crippen molar-refractivity contribution >= 4 is 0 Å². The van der Waals surface area contributed by atoms with Crippen LogP contribution in [0.2, 0.25) is 0 Å². The molecule has 0 bridgehead atoms. The van der Waals surface area contributed by atoms with Crippen LogP contribution < -0.4 is 0 Å². The van der Waals surface area contributed by atoms with Gasteiger partial charge < -0.3 is 0 Å². The third-order valence-electron chi connectivity index (χ3n) is 2.25. The topological polar surface area (TPSA) is 0 Å². The van der Waals surface area contributed by atoms with Crippen LogP contribution >= 0.6 is 0 Å². The Labute approximate surface area is 92.6 Å². The molecule has 1 aliphatic carbocycles. The van der Waals surface area contributed by atoms with Gasteiger partial charge >= 0.3 is 0 Å². The summed E-state index contributed by atoms with van der Waals surface area (Å²) in [5.74, 6) is 0.350. The minimum absolute atomic E-state index is 0.314. The van der Waals surface area contributed by atoms with E-state index in [1.165, 1.54) is 0 Å². The van der Waals surface area contributed by atoms with Gasteiger partial charge in [0.2, 0.25) is 0 Å². The average molecular weight is 193 g/mol. The fraction of sp³-hybridized carbons (Fsp3) is 0.571. The fourth-order valence-corrected chi connectivity index (χ4v) is 1.38. The van der Waals surface area contributed by atoms with Gasteiger partial charge in [-0.15, -0.1) is 0 Å². The highest BCUT2D eigenvalue weighted by atomic mass is 14.1. The summed E-state index contributed by atoms with van der Waals surface area (Å²) in [4.78, 5) is 0.